The predicted molar refractivity (Wildman–Crippen MR) is 108 cm³/mol. The first-order valence-electron chi connectivity index (χ1n) is 9.37. The molecule has 0 bridgehead atoms. The van der Waals surface area contributed by atoms with Crippen LogP contribution in [-0.4, -0.2) is 24.6 Å². The maximum atomic E-state index is 12.8. The van der Waals surface area contributed by atoms with Crippen LogP contribution >= 0.6 is 0 Å². The second-order valence-corrected chi connectivity index (χ2v) is 6.71. The Kier molecular flexibility index (Phi) is 5.24. The van der Waals surface area contributed by atoms with Gasteiger partial charge < -0.3 is 14.8 Å². The summed E-state index contributed by atoms with van der Waals surface area (Å²) >= 11 is 0. The summed E-state index contributed by atoms with van der Waals surface area (Å²) in [6, 6.07) is 17.2. The fraction of sp³-hybridized carbons (Fsp3) is 0.217. The molecule has 1 aliphatic rings. The molecule has 0 fully saturated rings. The van der Waals surface area contributed by atoms with Crippen LogP contribution in [0, 0.1) is 0 Å². The van der Waals surface area contributed by atoms with Gasteiger partial charge in [0.1, 0.15) is 0 Å². The highest BCUT2D eigenvalue weighted by molar-refractivity contribution is 5.95. The molecule has 0 saturated carbocycles. The number of aromatic nitrogens is 1. The van der Waals surface area contributed by atoms with Crippen LogP contribution in [0.2, 0.25) is 0 Å². The van der Waals surface area contributed by atoms with Gasteiger partial charge in [-0.3, -0.25) is 9.78 Å². The van der Waals surface area contributed by atoms with E-state index in [-0.39, 0.29) is 11.9 Å². The number of hydrogen-bond acceptors (Lipinski definition) is 4. The Hall–Kier alpha value is -3.34. The van der Waals surface area contributed by atoms with Crippen LogP contribution in [0.1, 0.15) is 34.8 Å². The molecule has 4 rings (SSSR count). The van der Waals surface area contributed by atoms with Gasteiger partial charge >= 0.3 is 0 Å². The van der Waals surface area contributed by atoms with Crippen LogP contribution in [0.5, 0.6) is 11.5 Å². The number of hydrogen-bond donors (Lipinski definition) is 1. The van der Waals surface area contributed by atoms with Crippen molar-refractivity contribution in [1.82, 2.24) is 10.3 Å². The fourth-order valence-corrected chi connectivity index (χ4v) is 3.49. The molecule has 1 atom stereocenters. The third-order valence-electron chi connectivity index (χ3n) is 4.95. The van der Waals surface area contributed by atoms with Gasteiger partial charge in [0.2, 0.25) is 0 Å². The van der Waals surface area contributed by atoms with Crippen LogP contribution < -0.4 is 14.8 Å². The first kappa shape index (κ1) is 18.0. The molecular weight excluding hydrogens is 352 g/mol. The van der Waals surface area contributed by atoms with E-state index in [4.69, 9.17) is 9.47 Å². The molecule has 2 aromatic carbocycles. The molecule has 1 N–H and O–H groups in total. The number of methoxy groups -OCH3 is 1. The van der Waals surface area contributed by atoms with Crippen LogP contribution in [0.3, 0.4) is 0 Å². The van der Waals surface area contributed by atoms with E-state index in [1.54, 1.807) is 19.5 Å². The number of carbonyl (C=O) groups excluding carboxylic acids is 1. The Bertz CT molecular complexity index is 955. The molecule has 5 heteroatoms. The van der Waals surface area contributed by atoms with Crippen LogP contribution in [0.15, 0.2) is 67.0 Å². The van der Waals surface area contributed by atoms with E-state index in [9.17, 15) is 4.79 Å². The molecular formula is C23H22N2O3. The number of pyridine rings is 1. The first-order chi connectivity index (χ1) is 13.8. The lowest BCUT2D eigenvalue weighted by Gasteiger charge is -2.19. The monoisotopic (exact) mass is 374 g/mol. The summed E-state index contributed by atoms with van der Waals surface area (Å²) in [7, 11) is 1.63. The average Bonchev–Trinajstić information content (AvgIpc) is 2.96. The zero-order chi connectivity index (χ0) is 19.3. The van der Waals surface area contributed by atoms with Gasteiger partial charge in [0, 0.05) is 23.5 Å². The van der Waals surface area contributed by atoms with E-state index < -0.39 is 0 Å². The summed E-state index contributed by atoms with van der Waals surface area (Å²) in [5.41, 5.74) is 3.71. The molecule has 5 nitrogen and oxygen atoms in total. The number of nitrogens with zero attached hydrogens (tertiary/aromatic N) is 1. The van der Waals surface area contributed by atoms with Crippen molar-refractivity contribution in [2.75, 3.05) is 13.7 Å². The molecule has 0 aliphatic carbocycles. The molecule has 1 unspecified atom stereocenters. The second kappa shape index (κ2) is 8.13. The molecule has 0 spiro atoms. The van der Waals surface area contributed by atoms with Gasteiger partial charge in [0.25, 0.3) is 5.91 Å². The molecule has 2 heterocycles. The number of nitrogens with one attached hydrogen (secondary N) is 1. The van der Waals surface area contributed by atoms with E-state index in [1.807, 2.05) is 54.6 Å². The van der Waals surface area contributed by atoms with Crippen molar-refractivity contribution in [3.05, 3.63) is 78.1 Å². The van der Waals surface area contributed by atoms with Crippen molar-refractivity contribution in [2.45, 2.75) is 18.9 Å². The van der Waals surface area contributed by atoms with Gasteiger partial charge in [-0.1, -0.05) is 24.3 Å². The van der Waals surface area contributed by atoms with Gasteiger partial charge in [0.15, 0.2) is 11.5 Å². The highest BCUT2D eigenvalue weighted by atomic mass is 16.5. The van der Waals surface area contributed by atoms with Crippen molar-refractivity contribution in [3.63, 3.8) is 0 Å². The van der Waals surface area contributed by atoms with E-state index >= 15 is 0 Å². The van der Waals surface area contributed by atoms with Crippen molar-refractivity contribution in [3.8, 4) is 22.6 Å². The normalized spacial score (nSPS) is 15.7. The quantitative estimate of drug-likeness (QED) is 0.735. The van der Waals surface area contributed by atoms with Crippen molar-refractivity contribution in [1.29, 1.82) is 0 Å². The fourth-order valence-electron chi connectivity index (χ4n) is 3.49. The van der Waals surface area contributed by atoms with Gasteiger partial charge in [-0.15, -0.1) is 0 Å². The molecule has 3 aromatic rings. The summed E-state index contributed by atoms with van der Waals surface area (Å²) in [4.78, 5) is 16.9. The Labute approximate surface area is 164 Å². The van der Waals surface area contributed by atoms with Crippen molar-refractivity contribution >= 4 is 5.91 Å². The smallest absolute Gasteiger partial charge is 0.251 e. The molecule has 1 aliphatic heterocycles. The average molecular weight is 374 g/mol. The minimum Gasteiger partial charge on any atom is -0.493 e. The van der Waals surface area contributed by atoms with Crippen molar-refractivity contribution in [2.24, 2.45) is 0 Å². The third kappa shape index (κ3) is 3.69. The number of fused-ring (bicyclic) bond motifs is 1. The molecule has 0 radical (unpaired) electrons. The van der Waals surface area contributed by atoms with E-state index in [2.05, 4.69) is 10.3 Å². The van der Waals surface area contributed by atoms with Gasteiger partial charge in [-0.2, -0.15) is 0 Å². The van der Waals surface area contributed by atoms with Gasteiger partial charge in [0.05, 0.1) is 19.8 Å². The van der Waals surface area contributed by atoms with E-state index in [0.717, 1.165) is 35.3 Å². The number of ether oxygens (including phenoxy) is 2. The number of benzene rings is 2. The van der Waals surface area contributed by atoms with Gasteiger partial charge in [-0.05, 0) is 54.3 Å². The molecule has 1 aromatic heterocycles. The number of carbonyl (C=O) groups is 1. The highest BCUT2D eigenvalue weighted by Gasteiger charge is 2.24. The Morgan fingerprint density at radius 2 is 1.82 bits per heavy atom. The lowest BCUT2D eigenvalue weighted by molar-refractivity contribution is 0.0934. The topological polar surface area (TPSA) is 60.5 Å². The zero-order valence-electron chi connectivity index (χ0n) is 15.7. The van der Waals surface area contributed by atoms with Crippen LogP contribution in [0.4, 0.5) is 0 Å². The van der Waals surface area contributed by atoms with E-state index in [0.29, 0.717) is 17.9 Å². The standard InChI is InChI=1S/C23H22N2O3/c1-27-21-6-2-4-19-20(5-3-15-28-22(19)21)25-23(26)18-9-7-16(8-10-18)17-11-13-24-14-12-17/h2,4,6-14,20H,3,5,15H2,1H3,(H,25,26). The highest BCUT2D eigenvalue weighted by Crippen LogP contribution is 2.38. The summed E-state index contributed by atoms with van der Waals surface area (Å²) in [5, 5.41) is 3.16. The first-order valence-corrected chi connectivity index (χ1v) is 9.37. The minimum atomic E-state index is -0.111. The van der Waals surface area contributed by atoms with E-state index in [1.165, 1.54) is 0 Å². The largest absolute Gasteiger partial charge is 0.493 e. The van der Waals surface area contributed by atoms with Crippen LogP contribution in [-0.2, 0) is 0 Å². The summed E-state index contributed by atoms with van der Waals surface area (Å²) in [6.07, 6.45) is 5.20. The molecule has 28 heavy (non-hydrogen) atoms. The predicted octanol–water partition coefficient (Wildman–Crippen LogP) is 4.40. The van der Waals surface area contributed by atoms with Gasteiger partial charge in [-0.25, -0.2) is 0 Å². The minimum absolute atomic E-state index is 0.0954. The Morgan fingerprint density at radius 3 is 2.57 bits per heavy atom. The summed E-state index contributed by atoms with van der Waals surface area (Å²) in [6.45, 7) is 0.611. The lowest BCUT2D eigenvalue weighted by Crippen LogP contribution is -2.28. The summed E-state index contributed by atoms with van der Waals surface area (Å²) in [5.74, 6) is 1.32. The molecule has 142 valence electrons. The number of rotatable bonds is 4. The number of para-hydroxylation sites is 1. The Balaban J connectivity index is 1.54. The molecule has 0 saturated heterocycles. The Morgan fingerprint density at radius 1 is 1.07 bits per heavy atom. The number of amides is 1. The second-order valence-electron chi connectivity index (χ2n) is 6.71. The lowest BCUT2D eigenvalue weighted by atomic mass is 10.0. The van der Waals surface area contributed by atoms with Crippen LogP contribution in [0.25, 0.3) is 11.1 Å². The zero-order valence-corrected chi connectivity index (χ0v) is 15.7. The molecule has 1 amide bonds. The SMILES string of the molecule is COc1cccc2c1OCCCC2NC(=O)c1ccc(-c2ccncc2)cc1. The maximum absolute atomic E-state index is 12.8. The third-order valence-corrected chi connectivity index (χ3v) is 4.95. The van der Waals surface area contributed by atoms with Crippen molar-refractivity contribution < 1.29 is 14.3 Å². The maximum Gasteiger partial charge on any atom is 0.251 e. The summed E-state index contributed by atoms with van der Waals surface area (Å²) < 4.78 is 11.3.